The standard InChI is InChI=1S/C48H27BS3/c1-2-15-36-34(13-1)35-14-3-4-16-37(35)39-25-32(21-22-38(36)39)30-11-5-9-28(23-30)29-10-6-12-31(24-29)33-26-44-48-45(27-33)52-43-20-8-18-41-47(43)49(48)46-40(50-41)17-7-19-42(46)51-44/h1-27H/i5D. The molecule has 0 saturated heterocycles. The molecular weight excluding hydrogens is 684 g/mol. The van der Waals surface area contributed by atoms with Crippen molar-refractivity contribution in [1.29, 1.82) is 0 Å². The fourth-order valence-corrected chi connectivity index (χ4v) is 12.6. The highest BCUT2D eigenvalue weighted by Crippen LogP contribution is 2.46. The van der Waals surface area contributed by atoms with Gasteiger partial charge >= 0.3 is 0 Å². The largest absolute Gasteiger partial charge is 0.250 e. The topological polar surface area (TPSA) is 0 Å². The van der Waals surface area contributed by atoms with Crippen LogP contribution in [0.1, 0.15) is 1.37 Å². The van der Waals surface area contributed by atoms with Gasteiger partial charge in [-0.3, -0.25) is 0 Å². The molecule has 0 unspecified atom stereocenters. The van der Waals surface area contributed by atoms with Crippen molar-refractivity contribution in [3.8, 4) is 33.4 Å². The molecule has 240 valence electrons. The van der Waals surface area contributed by atoms with Crippen LogP contribution in [-0.2, 0) is 0 Å². The molecule has 3 heterocycles. The van der Waals surface area contributed by atoms with E-state index in [1.54, 1.807) is 0 Å². The van der Waals surface area contributed by atoms with Gasteiger partial charge in [0.25, 0.3) is 0 Å². The Morgan fingerprint density at radius 2 is 0.712 bits per heavy atom. The first-order valence-corrected chi connectivity index (χ1v) is 20.1. The summed E-state index contributed by atoms with van der Waals surface area (Å²) in [6.07, 6.45) is 0. The second-order valence-electron chi connectivity index (χ2n) is 13.9. The molecule has 3 aliphatic heterocycles. The molecule has 9 aromatic rings. The molecule has 0 N–H and O–H groups in total. The molecule has 0 aromatic heterocycles. The lowest BCUT2D eigenvalue weighted by Gasteiger charge is -2.38. The summed E-state index contributed by atoms with van der Waals surface area (Å²) in [7, 11) is 0. The van der Waals surface area contributed by atoms with E-state index in [0.29, 0.717) is 12.8 Å². The summed E-state index contributed by atoms with van der Waals surface area (Å²) < 4.78 is 8.91. The van der Waals surface area contributed by atoms with Crippen LogP contribution in [0, 0.1) is 0 Å². The predicted molar refractivity (Wildman–Crippen MR) is 225 cm³/mol. The Balaban J connectivity index is 0.967. The summed E-state index contributed by atoms with van der Waals surface area (Å²) in [4.78, 5) is 8.28. The van der Waals surface area contributed by atoms with Crippen molar-refractivity contribution in [3.05, 3.63) is 164 Å². The third kappa shape index (κ3) is 4.29. The normalized spacial score (nSPS) is 13.8. The van der Waals surface area contributed by atoms with Crippen LogP contribution in [-0.4, -0.2) is 6.71 Å². The average Bonchev–Trinajstić information content (AvgIpc) is 3.20. The minimum atomic E-state index is 0.298. The molecule has 0 saturated carbocycles. The molecule has 52 heavy (non-hydrogen) atoms. The Bertz CT molecular complexity index is 2970. The van der Waals surface area contributed by atoms with E-state index in [1.807, 2.05) is 47.4 Å². The zero-order valence-electron chi connectivity index (χ0n) is 28.8. The van der Waals surface area contributed by atoms with Crippen LogP contribution in [0.3, 0.4) is 0 Å². The Hall–Kier alpha value is -5.13. The first-order valence-electron chi connectivity index (χ1n) is 18.2. The van der Waals surface area contributed by atoms with Gasteiger partial charge in [0.2, 0.25) is 6.71 Å². The third-order valence-corrected chi connectivity index (χ3v) is 14.5. The van der Waals surface area contributed by atoms with E-state index in [-0.39, 0.29) is 0 Å². The Kier molecular flexibility index (Phi) is 6.12. The van der Waals surface area contributed by atoms with Gasteiger partial charge in [0.15, 0.2) is 0 Å². The zero-order valence-corrected chi connectivity index (χ0v) is 30.3. The first kappa shape index (κ1) is 28.5. The molecule has 3 aliphatic rings. The van der Waals surface area contributed by atoms with E-state index >= 15 is 0 Å². The van der Waals surface area contributed by atoms with Crippen molar-refractivity contribution in [2.45, 2.75) is 29.4 Å². The van der Waals surface area contributed by atoms with Gasteiger partial charge in [-0.2, -0.15) is 0 Å². The fraction of sp³-hybridized carbons (Fsp3) is 0. The van der Waals surface area contributed by atoms with E-state index < -0.39 is 0 Å². The SMILES string of the molecule is [2H]c1cc(-c2cccc(-c3cc4c5c(c3)Sc3cccc6c3B5c3c(cccc3S4)S6)c2)cc(-c2ccc3c4ccccc4c4ccccc4c3c2)c1. The van der Waals surface area contributed by atoms with E-state index in [1.165, 1.54) is 89.2 Å². The summed E-state index contributed by atoms with van der Waals surface area (Å²) in [5.41, 5.74) is 11.3. The summed E-state index contributed by atoms with van der Waals surface area (Å²) >= 11 is 5.79. The van der Waals surface area contributed by atoms with Crippen LogP contribution < -0.4 is 16.4 Å². The maximum atomic E-state index is 8.91. The number of hydrogen-bond donors (Lipinski definition) is 0. The number of hydrogen-bond acceptors (Lipinski definition) is 3. The van der Waals surface area contributed by atoms with Crippen molar-refractivity contribution < 1.29 is 1.37 Å². The molecule has 12 rings (SSSR count). The molecule has 0 atom stereocenters. The van der Waals surface area contributed by atoms with E-state index in [0.717, 1.165) is 22.3 Å². The van der Waals surface area contributed by atoms with E-state index in [9.17, 15) is 0 Å². The van der Waals surface area contributed by atoms with E-state index in [4.69, 9.17) is 1.37 Å². The Morgan fingerprint density at radius 1 is 0.308 bits per heavy atom. The maximum Gasteiger partial charge on any atom is 0.250 e. The Morgan fingerprint density at radius 3 is 1.27 bits per heavy atom. The fourth-order valence-electron chi connectivity index (χ4n) is 8.75. The van der Waals surface area contributed by atoms with E-state index in [2.05, 4.69) is 146 Å². The van der Waals surface area contributed by atoms with Crippen molar-refractivity contribution in [3.63, 3.8) is 0 Å². The highest BCUT2D eigenvalue weighted by molar-refractivity contribution is 8.02. The van der Waals surface area contributed by atoms with Gasteiger partial charge in [-0.05, 0) is 137 Å². The van der Waals surface area contributed by atoms with Crippen LogP contribution >= 0.6 is 35.3 Å². The summed E-state index contributed by atoms with van der Waals surface area (Å²) in [6.45, 7) is 0.298. The van der Waals surface area contributed by atoms with Gasteiger partial charge in [-0.1, -0.05) is 144 Å². The summed E-state index contributed by atoms with van der Waals surface area (Å²) in [5.74, 6) is 0. The molecule has 9 aromatic carbocycles. The quantitative estimate of drug-likeness (QED) is 0.132. The van der Waals surface area contributed by atoms with Gasteiger partial charge in [0.05, 0.1) is 1.37 Å². The number of benzene rings is 9. The second kappa shape index (κ2) is 11.2. The monoisotopic (exact) mass is 711 g/mol. The smallest absolute Gasteiger partial charge is 0.0911 e. The van der Waals surface area contributed by atoms with Gasteiger partial charge in [-0.25, -0.2) is 0 Å². The molecule has 0 bridgehead atoms. The summed E-state index contributed by atoms with van der Waals surface area (Å²) in [6, 6.07) is 58.4. The minimum absolute atomic E-state index is 0.298. The summed E-state index contributed by atoms with van der Waals surface area (Å²) in [5, 5.41) is 7.58. The van der Waals surface area contributed by atoms with Crippen LogP contribution in [0.5, 0.6) is 0 Å². The van der Waals surface area contributed by atoms with Crippen molar-refractivity contribution >= 4 is 90.7 Å². The molecule has 0 spiro atoms. The number of fused-ring (bicyclic) bond motifs is 6. The first-order chi connectivity index (χ1) is 26.1. The predicted octanol–water partition coefficient (Wildman–Crippen LogP) is 12.1. The Labute approximate surface area is 316 Å². The van der Waals surface area contributed by atoms with Crippen molar-refractivity contribution in [2.24, 2.45) is 0 Å². The lowest BCUT2D eigenvalue weighted by atomic mass is 9.36. The minimum Gasteiger partial charge on any atom is -0.0911 e. The molecule has 0 aliphatic carbocycles. The van der Waals surface area contributed by atoms with Gasteiger partial charge < -0.3 is 0 Å². The molecule has 0 amide bonds. The van der Waals surface area contributed by atoms with Gasteiger partial charge in [0, 0.05) is 29.4 Å². The van der Waals surface area contributed by atoms with Gasteiger partial charge in [0.1, 0.15) is 0 Å². The third-order valence-electron chi connectivity index (χ3n) is 11.1. The second-order valence-corrected chi connectivity index (χ2v) is 17.2. The van der Waals surface area contributed by atoms with Crippen LogP contribution in [0.15, 0.2) is 193 Å². The van der Waals surface area contributed by atoms with Gasteiger partial charge in [-0.15, -0.1) is 0 Å². The molecular formula is C48H27BS3. The zero-order chi connectivity index (χ0) is 34.8. The van der Waals surface area contributed by atoms with Crippen LogP contribution in [0.2, 0.25) is 0 Å². The van der Waals surface area contributed by atoms with Crippen LogP contribution in [0.4, 0.5) is 0 Å². The molecule has 0 fully saturated rings. The molecule has 0 radical (unpaired) electrons. The lowest BCUT2D eigenvalue weighted by molar-refractivity contribution is 1.27. The van der Waals surface area contributed by atoms with Crippen LogP contribution in [0.25, 0.3) is 65.7 Å². The highest BCUT2D eigenvalue weighted by atomic mass is 32.2. The molecule has 4 heteroatoms. The highest BCUT2D eigenvalue weighted by Gasteiger charge is 2.43. The molecule has 0 nitrogen and oxygen atoms in total. The average molecular weight is 712 g/mol. The number of rotatable bonds is 3. The maximum absolute atomic E-state index is 8.91. The lowest BCUT2D eigenvalue weighted by Crippen LogP contribution is -2.60. The van der Waals surface area contributed by atoms with Crippen molar-refractivity contribution in [1.82, 2.24) is 0 Å². The van der Waals surface area contributed by atoms with Crippen molar-refractivity contribution in [2.75, 3.05) is 0 Å².